The molecular weight excluding hydrogens is 821 g/mol. The first-order chi connectivity index (χ1) is 29.8. The first-order valence-corrected chi connectivity index (χ1v) is 20.7. The van der Waals surface area contributed by atoms with Crippen molar-refractivity contribution in [3.05, 3.63) is 83.6 Å². The zero-order chi connectivity index (χ0) is 46.5. The molecule has 1 saturated heterocycles. The van der Waals surface area contributed by atoms with Crippen molar-refractivity contribution in [3.63, 3.8) is 0 Å². The fourth-order valence-electron chi connectivity index (χ4n) is 7.26. The van der Waals surface area contributed by atoms with Crippen LogP contribution in [0.2, 0.25) is 0 Å². The summed E-state index contributed by atoms with van der Waals surface area (Å²) in [6.07, 6.45) is -2.47. The van der Waals surface area contributed by atoms with Crippen LogP contribution in [-0.4, -0.2) is 158 Å². The van der Waals surface area contributed by atoms with Gasteiger partial charge in [0, 0.05) is 24.7 Å². The highest BCUT2D eigenvalue weighted by atomic mass is 16.4. The second kappa shape index (κ2) is 22.7. The van der Waals surface area contributed by atoms with Gasteiger partial charge >= 0.3 is 5.97 Å². The molecule has 11 N–H and O–H groups in total. The molecule has 1 fully saturated rings. The Kier molecular flexibility index (Phi) is 17.9. The smallest absolute Gasteiger partial charge is 0.326 e. The average molecular weight is 879 g/mol. The molecule has 0 radical (unpaired) electrons. The number of carbonyl (C=O) groups is 8. The number of nitrogens with two attached hydrogens (primary N) is 1. The lowest BCUT2D eigenvalue weighted by Gasteiger charge is -2.34. The van der Waals surface area contributed by atoms with Crippen LogP contribution in [-0.2, 0) is 51.2 Å². The van der Waals surface area contributed by atoms with E-state index < -0.39 is 108 Å². The molecule has 6 amide bonds. The molecule has 63 heavy (non-hydrogen) atoms. The Morgan fingerprint density at radius 2 is 1.22 bits per heavy atom. The van der Waals surface area contributed by atoms with E-state index in [-0.39, 0.29) is 44.6 Å². The number of amides is 6. The Balaban J connectivity index is 1.36. The molecule has 0 saturated carbocycles. The van der Waals surface area contributed by atoms with Crippen LogP contribution in [0.25, 0.3) is 0 Å². The summed E-state index contributed by atoms with van der Waals surface area (Å²) in [5.74, 6) is -6.78. The second-order valence-corrected chi connectivity index (χ2v) is 16.0. The SMILES string of the molecule is C[C@H](NC(=O)[C@H]1CCCN1C(=O)[C@@H](NC1=CC(=O)CN(C(=O)[C@@H](N)Cc2ccccc2)C1)[C@@H](C)O)C(=O)N[C@H](C(=O)N[C@H](C(=O)N[C@@H](Cc1ccccc1)C(=O)O)[C@@H](C)O)[C@@H](C)O. The maximum absolute atomic E-state index is 13.9. The number of aliphatic hydroxyl groups excluding tert-OH is 3. The van der Waals surface area contributed by atoms with Crippen LogP contribution in [0.15, 0.2) is 72.4 Å². The van der Waals surface area contributed by atoms with Crippen molar-refractivity contribution in [1.82, 2.24) is 36.4 Å². The van der Waals surface area contributed by atoms with Gasteiger partial charge in [-0.2, -0.15) is 0 Å². The highest BCUT2D eigenvalue weighted by Gasteiger charge is 2.41. The lowest BCUT2D eigenvalue weighted by atomic mass is 10.0. The molecule has 2 heterocycles. The van der Waals surface area contributed by atoms with Crippen molar-refractivity contribution < 1.29 is 58.8 Å². The van der Waals surface area contributed by atoms with E-state index in [1.165, 1.54) is 43.6 Å². The van der Waals surface area contributed by atoms with Gasteiger partial charge in [0.2, 0.25) is 35.4 Å². The quantitative estimate of drug-likeness (QED) is 0.0645. The lowest BCUT2D eigenvalue weighted by Crippen LogP contribution is -2.62. The van der Waals surface area contributed by atoms with E-state index in [1.807, 2.05) is 30.3 Å². The molecular formula is C43H58N8O12. The molecule has 2 aromatic rings. The number of rotatable bonds is 20. The number of ketones is 1. The van der Waals surface area contributed by atoms with Gasteiger partial charge in [-0.05, 0) is 58.1 Å². The van der Waals surface area contributed by atoms with Gasteiger partial charge in [0.25, 0.3) is 0 Å². The van der Waals surface area contributed by atoms with Gasteiger partial charge in [-0.3, -0.25) is 33.6 Å². The van der Waals surface area contributed by atoms with E-state index in [0.29, 0.717) is 12.0 Å². The number of nitrogens with zero attached hydrogens (tertiary/aromatic N) is 2. The van der Waals surface area contributed by atoms with Gasteiger partial charge in [-0.1, -0.05) is 60.7 Å². The van der Waals surface area contributed by atoms with Crippen LogP contribution >= 0.6 is 0 Å². The Labute approximate surface area is 364 Å². The minimum atomic E-state index is -1.71. The molecule has 0 spiro atoms. The Morgan fingerprint density at radius 3 is 1.76 bits per heavy atom. The minimum Gasteiger partial charge on any atom is -0.480 e. The molecule has 2 aliphatic rings. The molecule has 20 nitrogen and oxygen atoms in total. The fraction of sp³-hybridized carbons (Fsp3) is 0.488. The molecule has 20 heteroatoms. The summed E-state index contributed by atoms with van der Waals surface area (Å²) < 4.78 is 0. The summed E-state index contributed by atoms with van der Waals surface area (Å²) in [7, 11) is 0. The Bertz CT molecular complexity index is 2000. The van der Waals surface area contributed by atoms with Gasteiger partial charge in [0.15, 0.2) is 5.78 Å². The first kappa shape index (κ1) is 49.4. The fourth-order valence-corrected chi connectivity index (χ4v) is 7.26. The number of likely N-dealkylation sites (tertiary alicyclic amines) is 1. The van der Waals surface area contributed by atoms with Crippen molar-refractivity contribution in [2.24, 2.45) is 5.73 Å². The molecule has 2 aromatic carbocycles. The van der Waals surface area contributed by atoms with E-state index in [9.17, 15) is 58.8 Å². The maximum Gasteiger partial charge on any atom is 0.326 e. The zero-order valence-electron chi connectivity index (χ0n) is 35.6. The molecule has 0 aromatic heterocycles. The summed E-state index contributed by atoms with van der Waals surface area (Å²) in [6, 6.07) is 8.01. The van der Waals surface area contributed by atoms with Gasteiger partial charge < -0.3 is 62.5 Å². The average Bonchev–Trinajstić information content (AvgIpc) is 3.73. The number of carboxylic acid groups (broad SMARTS) is 1. The third-order valence-corrected chi connectivity index (χ3v) is 10.7. The molecule has 10 atom stereocenters. The van der Waals surface area contributed by atoms with Gasteiger partial charge in [-0.15, -0.1) is 0 Å². The third-order valence-electron chi connectivity index (χ3n) is 10.7. The molecule has 0 aliphatic carbocycles. The molecule has 0 bridgehead atoms. The topological polar surface area (TPSA) is 310 Å². The predicted molar refractivity (Wildman–Crippen MR) is 226 cm³/mol. The number of nitrogens with one attached hydrogen (secondary N) is 5. The van der Waals surface area contributed by atoms with Crippen molar-refractivity contribution >= 4 is 47.2 Å². The van der Waals surface area contributed by atoms with E-state index in [0.717, 1.165) is 5.56 Å². The number of carboxylic acids is 1. The maximum atomic E-state index is 13.9. The van der Waals surface area contributed by atoms with Crippen molar-refractivity contribution in [2.75, 3.05) is 19.6 Å². The van der Waals surface area contributed by atoms with E-state index in [4.69, 9.17) is 5.73 Å². The van der Waals surface area contributed by atoms with Crippen LogP contribution in [0.1, 0.15) is 51.7 Å². The lowest BCUT2D eigenvalue weighted by molar-refractivity contribution is -0.143. The number of carbonyl (C=O) groups excluding carboxylic acids is 7. The summed E-state index contributed by atoms with van der Waals surface area (Å²) in [4.78, 5) is 108. The summed E-state index contributed by atoms with van der Waals surface area (Å²) in [5.41, 5.74) is 7.82. The van der Waals surface area contributed by atoms with Gasteiger partial charge in [0.05, 0.1) is 37.4 Å². The monoisotopic (exact) mass is 878 g/mol. The molecule has 0 unspecified atom stereocenters. The highest BCUT2D eigenvalue weighted by Crippen LogP contribution is 2.21. The summed E-state index contributed by atoms with van der Waals surface area (Å²) >= 11 is 0. The number of aliphatic carboxylic acids is 1. The van der Waals surface area contributed by atoms with Crippen molar-refractivity contribution in [3.8, 4) is 0 Å². The van der Waals surface area contributed by atoms with Crippen LogP contribution in [0.4, 0.5) is 0 Å². The van der Waals surface area contributed by atoms with E-state index in [1.54, 1.807) is 30.3 Å². The van der Waals surface area contributed by atoms with Gasteiger partial charge in [0.1, 0.15) is 36.3 Å². The van der Waals surface area contributed by atoms with Crippen molar-refractivity contribution in [1.29, 1.82) is 0 Å². The molecule has 342 valence electrons. The second-order valence-electron chi connectivity index (χ2n) is 16.0. The number of hydrogen-bond acceptors (Lipinski definition) is 13. The van der Waals surface area contributed by atoms with Crippen LogP contribution in [0.3, 0.4) is 0 Å². The number of benzene rings is 2. The number of aliphatic hydroxyl groups is 3. The predicted octanol–water partition coefficient (Wildman–Crippen LogP) is -2.77. The van der Waals surface area contributed by atoms with Crippen LogP contribution < -0.4 is 32.3 Å². The molecule has 4 rings (SSSR count). The van der Waals surface area contributed by atoms with Crippen molar-refractivity contribution in [2.45, 2.75) is 114 Å². The minimum absolute atomic E-state index is 0.0988. The van der Waals surface area contributed by atoms with Crippen LogP contribution in [0.5, 0.6) is 0 Å². The number of hydrogen-bond donors (Lipinski definition) is 10. The largest absolute Gasteiger partial charge is 0.480 e. The van der Waals surface area contributed by atoms with E-state index in [2.05, 4.69) is 26.6 Å². The Morgan fingerprint density at radius 1 is 0.698 bits per heavy atom. The highest BCUT2D eigenvalue weighted by molar-refractivity contribution is 5.98. The van der Waals surface area contributed by atoms with E-state index >= 15 is 0 Å². The van der Waals surface area contributed by atoms with Gasteiger partial charge in [-0.25, -0.2) is 4.79 Å². The summed E-state index contributed by atoms with van der Waals surface area (Å²) in [5, 5.41) is 53.5. The normalized spacial score (nSPS) is 19.4. The Hall–Kier alpha value is -6.22. The third kappa shape index (κ3) is 13.9. The standard InChI is InChI=1S/C43H58N8O12/c1-23(37(56)48-35(25(3)53)40(59)49-34(24(2)52)39(58)47-32(43(62)63)19-28-14-9-6-10-15-28)45-38(57)33-16-11-17-51(33)42(61)36(26(4)54)46-29-20-30(55)22-50(21-29)41(60)31(44)18-27-12-7-5-8-13-27/h5-10,12-15,20,23-26,31-36,46,52-54H,11,16-19,21-22,44H2,1-4H3,(H,45,57)(H,47,58)(H,48,56)(H,49,59)(H,62,63)/t23-,24+,25+,26+,31-,32-,33+,34-,35-,36-/m0/s1. The summed E-state index contributed by atoms with van der Waals surface area (Å²) in [6.45, 7) is 4.78. The molecule has 2 aliphatic heterocycles. The van der Waals surface area contributed by atoms with Crippen LogP contribution in [0, 0.1) is 0 Å². The first-order valence-electron chi connectivity index (χ1n) is 20.7. The zero-order valence-corrected chi connectivity index (χ0v) is 35.6.